The molecule has 4 heteroatoms. The van der Waals surface area contributed by atoms with Crippen molar-refractivity contribution in [2.45, 2.75) is 5.41 Å². The third-order valence-corrected chi connectivity index (χ3v) is 10.0. The van der Waals surface area contributed by atoms with Gasteiger partial charge >= 0.3 is 0 Å². The van der Waals surface area contributed by atoms with Gasteiger partial charge in [-0.1, -0.05) is 133 Å². The summed E-state index contributed by atoms with van der Waals surface area (Å²) in [5, 5.41) is 0. The van der Waals surface area contributed by atoms with Crippen LogP contribution < -0.4 is 4.74 Å². The fraction of sp³-hybridized carbons (Fsp3) is 0.0217. The molecule has 0 amide bonds. The average molecular weight is 640 g/mol. The van der Waals surface area contributed by atoms with Gasteiger partial charge in [0.15, 0.2) is 5.82 Å². The van der Waals surface area contributed by atoms with Crippen molar-refractivity contribution >= 4 is 0 Å². The first-order valence-corrected chi connectivity index (χ1v) is 16.9. The number of fused-ring (bicyclic) bond motifs is 9. The number of aromatic nitrogens is 3. The topological polar surface area (TPSA) is 47.9 Å². The Labute approximate surface area is 290 Å². The minimum absolute atomic E-state index is 0.499. The van der Waals surface area contributed by atoms with Crippen LogP contribution in [0.2, 0.25) is 0 Å². The molecule has 50 heavy (non-hydrogen) atoms. The van der Waals surface area contributed by atoms with Gasteiger partial charge in [-0.3, -0.25) is 4.98 Å². The molecule has 8 aromatic rings. The highest BCUT2D eigenvalue weighted by Crippen LogP contribution is 2.62. The van der Waals surface area contributed by atoms with Crippen LogP contribution >= 0.6 is 0 Å². The Morgan fingerprint density at radius 2 is 0.980 bits per heavy atom. The van der Waals surface area contributed by atoms with Crippen molar-refractivity contribution in [3.8, 4) is 67.8 Å². The Bertz CT molecular complexity index is 2460. The molecule has 4 nitrogen and oxygen atoms in total. The molecule has 2 aliphatic rings. The van der Waals surface area contributed by atoms with Gasteiger partial charge < -0.3 is 4.74 Å². The summed E-state index contributed by atoms with van der Waals surface area (Å²) >= 11 is 0. The molecule has 2 aromatic heterocycles. The normalized spacial score (nSPS) is 13.1. The summed E-state index contributed by atoms with van der Waals surface area (Å²) in [6, 6.07) is 59.4. The first-order valence-electron chi connectivity index (χ1n) is 16.9. The van der Waals surface area contributed by atoms with Crippen LogP contribution in [0.1, 0.15) is 22.3 Å². The Balaban J connectivity index is 1.11. The predicted molar refractivity (Wildman–Crippen MR) is 199 cm³/mol. The molecule has 0 bridgehead atoms. The molecule has 0 unspecified atom stereocenters. The number of hydrogen-bond acceptors (Lipinski definition) is 4. The molecule has 1 aliphatic heterocycles. The van der Waals surface area contributed by atoms with Gasteiger partial charge in [-0.2, -0.15) is 0 Å². The van der Waals surface area contributed by atoms with Gasteiger partial charge in [-0.25, -0.2) is 9.97 Å². The van der Waals surface area contributed by atoms with Gasteiger partial charge in [0.25, 0.3) is 0 Å². The standard InChI is InChI=1S/C46H29N3O/c1-2-12-31(13-3-1)41-29-42(40-19-10-11-27-47-40)49-45(48-41)32-23-21-30(22-24-32)33-25-26-44-39(28-33)46(38-18-8-9-20-43(38)50-44)36-16-6-4-14-34(36)35-15-5-7-17-37(35)46/h1-29H. The Kier molecular flexibility index (Phi) is 6.36. The second-order valence-corrected chi connectivity index (χ2v) is 12.8. The number of benzene rings is 6. The molecular weight excluding hydrogens is 611 g/mol. The van der Waals surface area contributed by atoms with E-state index in [0.717, 1.165) is 62.0 Å². The van der Waals surface area contributed by atoms with Crippen molar-refractivity contribution in [2.75, 3.05) is 0 Å². The second-order valence-electron chi connectivity index (χ2n) is 12.8. The zero-order valence-corrected chi connectivity index (χ0v) is 27.0. The molecular formula is C46H29N3O. The van der Waals surface area contributed by atoms with Crippen LogP contribution in [0.3, 0.4) is 0 Å². The molecule has 234 valence electrons. The fourth-order valence-corrected chi connectivity index (χ4v) is 7.83. The maximum atomic E-state index is 6.64. The molecule has 10 rings (SSSR count). The van der Waals surface area contributed by atoms with Crippen molar-refractivity contribution < 1.29 is 4.74 Å². The number of ether oxygens (including phenoxy) is 1. The van der Waals surface area contributed by atoms with Crippen molar-refractivity contribution in [3.63, 3.8) is 0 Å². The van der Waals surface area contributed by atoms with Crippen LogP contribution in [0, 0.1) is 0 Å². The molecule has 0 saturated heterocycles. The van der Waals surface area contributed by atoms with Gasteiger partial charge in [-0.05, 0) is 69.8 Å². The van der Waals surface area contributed by atoms with E-state index in [0.29, 0.717) is 5.82 Å². The van der Waals surface area contributed by atoms with E-state index in [1.165, 1.54) is 22.3 Å². The lowest BCUT2D eigenvalue weighted by Gasteiger charge is -2.39. The summed E-state index contributed by atoms with van der Waals surface area (Å²) in [7, 11) is 0. The van der Waals surface area contributed by atoms with Crippen LogP contribution in [0.25, 0.3) is 56.3 Å². The minimum atomic E-state index is -0.499. The number of pyridine rings is 1. The molecule has 3 heterocycles. The molecule has 0 atom stereocenters. The highest BCUT2D eigenvalue weighted by Gasteiger charge is 2.50. The molecule has 1 aliphatic carbocycles. The highest BCUT2D eigenvalue weighted by molar-refractivity contribution is 5.89. The van der Waals surface area contributed by atoms with Gasteiger partial charge in [0.05, 0.1) is 22.5 Å². The first kappa shape index (κ1) is 28.4. The van der Waals surface area contributed by atoms with E-state index in [1.54, 1.807) is 6.20 Å². The second kappa shape index (κ2) is 11.2. The molecule has 6 aromatic carbocycles. The summed E-state index contributed by atoms with van der Waals surface area (Å²) in [5.41, 5.74) is 13.6. The zero-order chi connectivity index (χ0) is 33.1. The SMILES string of the molecule is c1ccc(-c2cc(-c3ccccn3)nc(-c3ccc(-c4ccc5c(c4)C4(c6ccccc6O5)c5ccccc5-c5ccccc54)cc3)n2)cc1. The lowest BCUT2D eigenvalue weighted by molar-refractivity contribution is 0.436. The van der Waals surface area contributed by atoms with E-state index >= 15 is 0 Å². The Morgan fingerprint density at radius 3 is 1.72 bits per heavy atom. The number of para-hydroxylation sites is 1. The van der Waals surface area contributed by atoms with Gasteiger partial charge in [0, 0.05) is 28.5 Å². The minimum Gasteiger partial charge on any atom is -0.457 e. The predicted octanol–water partition coefficient (Wildman–Crippen LogP) is 11.0. The van der Waals surface area contributed by atoms with E-state index in [-0.39, 0.29) is 0 Å². The van der Waals surface area contributed by atoms with E-state index in [4.69, 9.17) is 14.7 Å². The van der Waals surface area contributed by atoms with Crippen LogP contribution in [0.5, 0.6) is 11.5 Å². The summed E-state index contributed by atoms with van der Waals surface area (Å²) in [4.78, 5) is 14.6. The molecule has 0 saturated carbocycles. The van der Waals surface area contributed by atoms with Crippen molar-refractivity contribution in [3.05, 3.63) is 198 Å². The average Bonchev–Trinajstić information content (AvgIpc) is 3.49. The molecule has 1 spiro atoms. The van der Waals surface area contributed by atoms with Crippen molar-refractivity contribution in [2.24, 2.45) is 0 Å². The van der Waals surface area contributed by atoms with Gasteiger partial charge in [0.1, 0.15) is 11.5 Å². The lowest BCUT2D eigenvalue weighted by Crippen LogP contribution is -2.32. The molecule has 0 N–H and O–H groups in total. The molecule has 0 fully saturated rings. The van der Waals surface area contributed by atoms with Crippen molar-refractivity contribution in [1.82, 2.24) is 15.0 Å². The largest absolute Gasteiger partial charge is 0.457 e. The van der Waals surface area contributed by atoms with Crippen molar-refractivity contribution in [1.29, 1.82) is 0 Å². The van der Waals surface area contributed by atoms with Crippen LogP contribution in [0.15, 0.2) is 176 Å². The van der Waals surface area contributed by atoms with Crippen LogP contribution in [-0.4, -0.2) is 15.0 Å². The Morgan fingerprint density at radius 1 is 0.380 bits per heavy atom. The van der Waals surface area contributed by atoms with Crippen LogP contribution in [-0.2, 0) is 5.41 Å². The lowest BCUT2D eigenvalue weighted by atomic mass is 9.66. The quantitative estimate of drug-likeness (QED) is 0.192. The number of nitrogens with zero attached hydrogens (tertiary/aromatic N) is 3. The third-order valence-electron chi connectivity index (χ3n) is 10.0. The summed E-state index contributed by atoms with van der Waals surface area (Å²) in [6.07, 6.45) is 1.79. The monoisotopic (exact) mass is 639 g/mol. The highest BCUT2D eigenvalue weighted by atomic mass is 16.5. The third kappa shape index (κ3) is 4.28. The van der Waals surface area contributed by atoms with Gasteiger partial charge in [-0.15, -0.1) is 0 Å². The van der Waals surface area contributed by atoms with E-state index < -0.39 is 5.41 Å². The summed E-state index contributed by atoms with van der Waals surface area (Å²) in [6.45, 7) is 0. The maximum Gasteiger partial charge on any atom is 0.160 e. The number of hydrogen-bond donors (Lipinski definition) is 0. The molecule has 0 radical (unpaired) electrons. The first-order chi connectivity index (χ1) is 24.8. The fourth-order valence-electron chi connectivity index (χ4n) is 7.83. The Hall–Kier alpha value is -6.65. The zero-order valence-electron chi connectivity index (χ0n) is 27.0. The van der Waals surface area contributed by atoms with Gasteiger partial charge in [0.2, 0.25) is 0 Å². The van der Waals surface area contributed by atoms with E-state index in [9.17, 15) is 0 Å². The number of rotatable bonds is 4. The smallest absolute Gasteiger partial charge is 0.160 e. The van der Waals surface area contributed by atoms with Crippen LogP contribution in [0.4, 0.5) is 0 Å². The summed E-state index contributed by atoms with van der Waals surface area (Å²) in [5.74, 6) is 2.43. The maximum absolute atomic E-state index is 6.64. The van der Waals surface area contributed by atoms with E-state index in [1.807, 2.05) is 42.5 Å². The summed E-state index contributed by atoms with van der Waals surface area (Å²) < 4.78 is 6.64. The van der Waals surface area contributed by atoms with E-state index in [2.05, 4.69) is 132 Å².